The van der Waals surface area contributed by atoms with E-state index < -0.39 is 23.7 Å². The lowest BCUT2D eigenvalue weighted by molar-refractivity contribution is -0.144. The second-order valence-corrected chi connectivity index (χ2v) is 7.13. The molecule has 0 spiro atoms. The summed E-state index contributed by atoms with van der Waals surface area (Å²) in [6.45, 7) is 3.18. The van der Waals surface area contributed by atoms with Crippen molar-refractivity contribution in [2.75, 3.05) is 13.2 Å². The van der Waals surface area contributed by atoms with Crippen molar-refractivity contribution >= 4 is 11.7 Å². The highest BCUT2D eigenvalue weighted by molar-refractivity contribution is 5.76. The Morgan fingerprint density at radius 3 is 2.48 bits per heavy atom. The number of amides is 1. The van der Waals surface area contributed by atoms with Crippen LogP contribution in [0.15, 0.2) is 24.3 Å². The molecule has 0 aliphatic carbocycles. The van der Waals surface area contributed by atoms with E-state index >= 15 is 0 Å². The molecule has 7 nitrogen and oxygen atoms in total. The molecule has 2 aromatic heterocycles. The lowest BCUT2D eigenvalue weighted by Gasteiger charge is -2.12. The Kier molecular flexibility index (Phi) is 6.79. The number of hydrogen-bond acceptors (Lipinski definition) is 5. The van der Waals surface area contributed by atoms with Crippen molar-refractivity contribution < 1.29 is 35.9 Å². The Morgan fingerprint density at radius 1 is 1.09 bits per heavy atom. The van der Waals surface area contributed by atoms with Crippen LogP contribution in [-0.4, -0.2) is 38.6 Å². The molecule has 0 atom stereocenters. The monoisotopic (exact) mass is 475 g/mol. The van der Waals surface area contributed by atoms with Crippen molar-refractivity contribution in [2.24, 2.45) is 0 Å². The Hall–Kier alpha value is -3.38. The van der Waals surface area contributed by atoms with Crippen LogP contribution in [0.4, 0.5) is 26.3 Å². The van der Waals surface area contributed by atoms with E-state index in [1.807, 2.05) is 0 Å². The number of nitrogens with one attached hydrogen (secondary N) is 1. The van der Waals surface area contributed by atoms with Gasteiger partial charge >= 0.3 is 12.4 Å². The Morgan fingerprint density at radius 2 is 1.82 bits per heavy atom. The Balaban J connectivity index is 1.54. The molecule has 1 N–H and O–H groups in total. The van der Waals surface area contributed by atoms with Crippen LogP contribution in [0.5, 0.6) is 5.75 Å². The molecule has 13 heteroatoms. The minimum atomic E-state index is -4.70. The van der Waals surface area contributed by atoms with Gasteiger partial charge in [-0.15, -0.1) is 5.10 Å². The Bertz CT molecular complexity index is 1160. The third-order valence-corrected chi connectivity index (χ3v) is 4.76. The molecule has 0 saturated heterocycles. The fourth-order valence-corrected chi connectivity index (χ4v) is 3.14. The molecule has 3 aromatic rings. The van der Waals surface area contributed by atoms with Crippen molar-refractivity contribution in [3.63, 3.8) is 0 Å². The molecule has 0 unspecified atom stereocenters. The summed E-state index contributed by atoms with van der Waals surface area (Å²) >= 11 is 0. The third kappa shape index (κ3) is 5.90. The number of fused-ring (bicyclic) bond motifs is 1. The summed E-state index contributed by atoms with van der Waals surface area (Å²) in [5, 5.41) is 6.03. The van der Waals surface area contributed by atoms with E-state index in [4.69, 9.17) is 4.74 Å². The summed E-state index contributed by atoms with van der Waals surface area (Å²) in [7, 11) is 0. The number of ether oxygens (including phenoxy) is 1. The zero-order chi connectivity index (χ0) is 24.4. The Labute approximate surface area is 183 Å². The molecule has 3 rings (SSSR count). The minimum absolute atomic E-state index is 0.0131. The lowest BCUT2D eigenvalue weighted by atomic mass is 10.1. The number of benzene rings is 1. The van der Waals surface area contributed by atoms with Crippen molar-refractivity contribution in [1.82, 2.24) is 24.9 Å². The molecule has 0 radical (unpaired) electrons. The van der Waals surface area contributed by atoms with Gasteiger partial charge in [0, 0.05) is 17.8 Å². The molecular formula is C20H19F6N5O2. The quantitative estimate of drug-likeness (QED) is 0.414. The van der Waals surface area contributed by atoms with E-state index in [1.54, 1.807) is 13.8 Å². The van der Waals surface area contributed by atoms with Gasteiger partial charge in [-0.05, 0) is 44.0 Å². The summed E-state index contributed by atoms with van der Waals surface area (Å²) in [5.41, 5.74) is 0.551. The average molecular weight is 475 g/mol. The smallest absolute Gasteiger partial charge is 0.453 e. The average Bonchev–Trinajstić information content (AvgIpc) is 3.15. The maximum absolute atomic E-state index is 12.9. The van der Waals surface area contributed by atoms with Gasteiger partial charge in [-0.1, -0.05) is 6.07 Å². The first-order chi connectivity index (χ1) is 15.4. The van der Waals surface area contributed by atoms with E-state index in [2.05, 4.69) is 20.4 Å². The maximum atomic E-state index is 12.9. The number of aromatic nitrogens is 4. The normalized spacial score (nSPS) is 12.2. The van der Waals surface area contributed by atoms with Crippen LogP contribution in [0.1, 0.15) is 34.8 Å². The topological polar surface area (TPSA) is 81.4 Å². The fourth-order valence-electron chi connectivity index (χ4n) is 3.14. The first-order valence-electron chi connectivity index (χ1n) is 9.73. The van der Waals surface area contributed by atoms with Crippen LogP contribution in [0.25, 0.3) is 5.78 Å². The molecule has 0 aliphatic rings. The van der Waals surface area contributed by atoms with Crippen molar-refractivity contribution in [2.45, 2.75) is 39.0 Å². The summed E-state index contributed by atoms with van der Waals surface area (Å²) in [4.78, 5) is 19.6. The molecule has 0 bridgehead atoms. The van der Waals surface area contributed by atoms with Gasteiger partial charge in [0.2, 0.25) is 5.91 Å². The largest absolute Gasteiger partial charge is 0.492 e. The summed E-state index contributed by atoms with van der Waals surface area (Å²) in [6, 6.07) is 4.39. The summed E-state index contributed by atoms with van der Waals surface area (Å²) < 4.78 is 82.9. The van der Waals surface area contributed by atoms with Crippen LogP contribution in [0, 0.1) is 13.8 Å². The predicted molar refractivity (Wildman–Crippen MR) is 104 cm³/mol. The van der Waals surface area contributed by atoms with Gasteiger partial charge in [-0.2, -0.15) is 31.3 Å². The molecule has 0 fully saturated rings. The highest BCUT2D eigenvalue weighted by atomic mass is 19.4. The van der Waals surface area contributed by atoms with E-state index in [1.165, 1.54) is 12.1 Å². The van der Waals surface area contributed by atoms with Gasteiger partial charge < -0.3 is 10.1 Å². The standard InChI is InChI=1S/C20H19F6N5O2/c1-11-15(12(2)31-18(28-11)29-17(30-31)20(24,25)26)6-7-16(32)27-8-9-33-14-5-3-4-13(10-14)19(21,22)23/h3-5,10H,6-9H2,1-2H3,(H,27,32). The zero-order valence-electron chi connectivity index (χ0n) is 17.5. The molecule has 0 aliphatic heterocycles. The van der Waals surface area contributed by atoms with E-state index in [-0.39, 0.29) is 43.4 Å². The third-order valence-electron chi connectivity index (χ3n) is 4.76. The zero-order valence-corrected chi connectivity index (χ0v) is 17.5. The summed E-state index contributed by atoms with van der Waals surface area (Å²) in [5.74, 6) is -1.82. The molecule has 178 valence electrons. The van der Waals surface area contributed by atoms with Crippen molar-refractivity contribution in [3.05, 3.63) is 52.6 Å². The van der Waals surface area contributed by atoms with Crippen molar-refractivity contribution in [1.29, 1.82) is 0 Å². The van der Waals surface area contributed by atoms with Gasteiger partial charge in [-0.25, -0.2) is 9.50 Å². The predicted octanol–water partition coefficient (Wildman–Crippen LogP) is 3.91. The van der Waals surface area contributed by atoms with Crippen LogP contribution in [-0.2, 0) is 23.6 Å². The lowest BCUT2D eigenvalue weighted by Crippen LogP contribution is -2.28. The molecular weight excluding hydrogens is 456 g/mol. The van der Waals surface area contributed by atoms with Crippen LogP contribution in [0.3, 0.4) is 0 Å². The molecule has 0 saturated carbocycles. The number of hydrogen-bond donors (Lipinski definition) is 1. The second kappa shape index (κ2) is 9.24. The number of nitrogens with zero attached hydrogens (tertiary/aromatic N) is 4. The first-order valence-corrected chi connectivity index (χ1v) is 9.73. The number of carbonyl (C=O) groups is 1. The van der Waals surface area contributed by atoms with Gasteiger partial charge in [0.15, 0.2) is 0 Å². The number of carbonyl (C=O) groups excluding carboxylic acids is 1. The van der Waals surface area contributed by atoms with E-state index in [9.17, 15) is 31.1 Å². The molecule has 1 amide bonds. The first kappa shape index (κ1) is 24.3. The number of aryl methyl sites for hydroxylation is 2. The second-order valence-electron chi connectivity index (χ2n) is 7.13. The number of rotatable bonds is 7. The van der Waals surface area contributed by atoms with Crippen LogP contribution < -0.4 is 10.1 Å². The SMILES string of the molecule is Cc1nc2nc(C(F)(F)F)nn2c(C)c1CCC(=O)NCCOc1cccc(C(F)(F)F)c1. The fraction of sp³-hybridized carbons (Fsp3) is 0.400. The molecule has 1 aromatic carbocycles. The van der Waals surface area contributed by atoms with Gasteiger partial charge in [-0.3, -0.25) is 4.79 Å². The molecule has 33 heavy (non-hydrogen) atoms. The highest BCUT2D eigenvalue weighted by Gasteiger charge is 2.37. The highest BCUT2D eigenvalue weighted by Crippen LogP contribution is 2.31. The van der Waals surface area contributed by atoms with Gasteiger partial charge in [0.05, 0.1) is 12.1 Å². The molecule has 2 heterocycles. The van der Waals surface area contributed by atoms with Crippen LogP contribution in [0.2, 0.25) is 0 Å². The van der Waals surface area contributed by atoms with E-state index in [0.29, 0.717) is 17.0 Å². The summed E-state index contributed by atoms with van der Waals surface area (Å²) in [6.07, 6.45) is -8.98. The van der Waals surface area contributed by atoms with Crippen molar-refractivity contribution in [3.8, 4) is 5.75 Å². The van der Waals surface area contributed by atoms with Crippen LogP contribution >= 0.6 is 0 Å². The van der Waals surface area contributed by atoms with E-state index in [0.717, 1.165) is 16.6 Å². The minimum Gasteiger partial charge on any atom is -0.492 e. The van der Waals surface area contributed by atoms with Gasteiger partial charge in [0.1, 0.15) is 12.4 Å². The van der Waals surface area contributed by atoms with Gasteiger partial charge in [0.25, 0.3) is 11.6 Å². The maximum Gasteiger partial charge on any atom is 0.453 e. The number of halogens is 6. The number of alkyl halides is 6.